The number of carbonyl (C=O) groups excluding carboxylic acids is 1. The summed E-state index contributed by atoms with van der Waals surface area (Å²) in [6, 6.07) is 0. The number of nitrogens with zero attached hydrogens (tertiary/aromatic N) is 1. The molecule has 2 fully saturated rings. The second-order valence-corrected chi connectivity index (χ2v) is 5.32. The van der Waals surface area contributed by atoms with Gasteiger partial charge >= 0.3 is 5.97 Å². The van der Waals surface area contributed by atoms with E-state index in [1.165, 1.54) is 0 Å². The fraction of sp³-hybridized carbons (Fsp3) is 0.833. The third-order valence-corrected chi connectivity index (χ3v) is 4.15. The highest BCUT2D eigenvalue weighted by atomic mass is 16.4. The van der Waals surface area contributed by atoms with Gasteiger partial charge in [0, 0.05) is 19.0 Å². The molecule has 2 aliphatic rings. The number of hydrogen-bond donors (Lipinski definition) is 1. The Hall–Kier alpha value is -1.06. The van der Waals surface area contributed by atoms with E-state index >= 15 is 0 Å². The summed E-state index contributed by atoms with van der Waals surface area (Å²) in [5.41, 5.74) is -0.629. The number of aliphatic carboxylic acids is 1. The highest BCUT2D eigenvalue weighted by Gasteiger charge is 2.39. The molecule has 0 atom stereocenters. The summed E-state index contributed by atoms with van der Waals surface area (Å²) in [6.45, 7) is 3.00. The molecule has 0 aromatic heterocycles. The van der Waals surface area contributed by atoms with Crippen LogP contribution in [-0.2, 0) is 9.59 Å². The molecule has 1 aliphatic carbocycles. The van der Waals surface area contributed by atoms with Crippen LogP contribution in [0.1, 0.15) is 39.0 Å². The molecule has 0 aromatic rings. The number of hydrogen-bond acceptors (Lipinski definition) is 2. The molecule has 1 N–H and O–H groups in total. The maximum absolute atomic E-state index is 11.9. The Bertz CT molecular complexity index is 301. The minimum Gasteiger partial charge on any atom is -0.481 e. The molecule has 2 rings (SSSR count). The van der Waals surface area contributed by atoms with E-state index in [9.17, 15) is 9.59 Å². The Morgan fingerprint density at radius 2 is 1.81 bits per heavy atom. The number of amides is 1. The lowest BCUT2D eigenvalue weighted by Gasteiger charge is -2.39. The van der Waals surface area contributed by atoms with Crippen molar-refractivity contribution in [3.8, 4) is 0 Å². The Balaban J connectivity index is 1.89. The fourth-order valence-corrected chi connectivity index (χ4v) is 2.35. The minimum atomic E-state index is -0.733. The fourth-order valence-electron chi connectivity index (χ4n) is 2.35. The summed E-state index contributed by atoms with van der Waals surface area (Å²) in [4.78, 5) is 24.8. The molecule has 0 unspecified atom stereocenters. The van der Waals surface area contributed by atoms with Gasteiger partial charge in [-0.05, 0) is 32.6 Å². The molecule has 0 radical (unpaired) electrons. The van der Waals surface area contributed by atoms with Crippen LogP contribution in [0.5, 0.6) is 0 Å². The van der Waals surface area contributed by atoms with Gasteiger partial charge in [-0.3, -0.25) is 9.59 Å². The average Bonchev–Trinajstić information content (AvgIpc) is 2.15. The average molecular weight is 225 g/mol. The third kappa shape index (κ3) is 1.93. The van der Waals surface area contributed by atoms with Crippen LogP contribution in [0.25, 0.3) is 0 Å². The highest BCUT2D eigenvalue weighted by molar-refractivity contribution is 5.80. The van der Waals surface area contributed by atoms with Crippen molar-refractivity contribution in [1.29, 1.82) is 0 Å². The summed E-state index contributed by atoms with van der Waals surface area (Å²) in [5.74, 6) is -0.254. The molecule has 0 bridgehead atoms. The monoisotopic (exact) mass is 225 g/mol. The van der Waals surface area contributed by atoms with E-state index in [0.29, 0.717) is 25.9 Å². The molecule has 4 heteroatoms. The Morgan fingerprint density at radius 3 is 2.19 bits per heavy atom. The zero-order chi connectivity index (χ0) is 11.8. The van der Waals surface area contributed by atoms with Crippen molar-refractivity contribution < 1.29 is 14.7 Å². The first kappa shape index (κ1) is 11.4. The second kappa shape index (κ2) is 4.07. The topological polar surface area (TPSA) is 57.6 Å². The molecule has 16 heavy (non-hydrogen) atoms. The number of likely N-dealkylation sites (tertiary alicyclic amines) is 1. The zero-order valence-electron chi connectivity index (χ0n) is 9.74. The van der Waals surface area contributed by atoms with E-state index < -0.39 is 11.4 Å². The number of carboxylic acid groups (broad SMARTS) is 1. The highest BCUT2D eigenvalue weighted by Crippen LogP contribution is 2.34. The van der Waals surface area contributed by atoms with Crippen molar-refractivity contribution in [1.82, 2.24) is 4.90 Å². The first-order chi connectivity index (χ1) is 7.53. The van der Waals surface area contributed by atoms with Crippen LogP contribution in [0, 0.1) is 11.3 Å². The van der Waals surface area contributed by atoms with E-state index in [0.717, 1.165) is 19.3 Å². The van der Waals surface area contributed by atoms with Gasteiger partial charge in [0.1, 0.15) is 0 Å². The molecule has 0 spiro atoms. The zero-order valence-corrected chi connectivity index (χ0v) is 9.74. The lowest BCUT2D eigenvalue weighted by atomic mass is 9.79. The van der Waals surface area contributed by atoms with E-state index in [1.54, 1.807) is 6.92 Å². The van der Waals surface area contributed by atoms with Gasteiger partial charge in [0.15, 0.2) is 0 Å². The van der Waals surface area contributed by atoms with Gasteiger partial charge in [-0.2, -0.15) is 0 Å². The first-order valence-electron chi connectivity index (χ1n) is 6.05. The van der Waals surface area contributed by atoms with Gasteiger partial charge in [-0.1, -0.05) is 6.42 Å². The summed E-state index contributed by atoms with van der Waals surface area (Å²) in [6.07, 6.45) is 4.37. The Labute approximate surface area is 95.6 Å². The van der Waals surface area contributed by atoms with Crippen LogP contribution in [0.4, 0.5) is 0 Å². The van der Waals surface area contributed by atoms with Crippen molar-refractivity contribution in [2.75, 3.05) is 13.1 Å². The summed E-state index contributed by atoms with van der Waals surface area (Å²) in [7, 11) is 0. The SMILES string of the molecule is CC1(C(=O)O)CCN(C(=O)C2CCC2)CC1. The Kier molecular flexibility index (Phi) is 2.91. The molecule has 4 nitrogen and oxygen atoms in total. The van der Waals surface area contributed by atoms with E-state index in [1.807, 2.05) is 4.90 Å². The van der Waals surface area contributed by atoms with Gasteiger partial charge in [0.2, 0.25) is 5.91 Å². The van der Waals surface area contributed by atoms with Gasteiger partial charge in [0.05, 0.1) is 5.41 Å². The smallest absolute Gasteiger partial charge is 0.309 e. The van der Waals surface area contributed by atoms with Gasteiger partial charge in [-0.15, -0.1) is 0 Å². The number of rotatable bonds is 2. The van der Waals surface area contributed by atoms with Gasteiger partial charge in [0.25, 0.3) is 0 Å². The number of carboxylic acids is 1. The predicted molar refractivity (Wildman–Crippen MR) is 58.9 cm³/mol. The van der Waals surface area contributed by atoms with Gasteiger partial charge in [-0.25, -0.2) is 0 Å². The standard InChI is InChI=1S/C12H19NO3/c1-12(11(15)16)5-7-13(8-6-12)10(14)9-3-2-4-9/h9H,2-8H2,1H3,(H,15,16). The molecule has 0 aromatic carbocycles. The maximum atomic E-state index is 11.9. The Morgan fingerprint density at radius 1 is 1.25 bits per heavy atom. The lowest BCUT2D eigenvalue weighted by molar-refractivity contribution is -0.154. The van der Waals surface area contributed by atoms with E-state index in [4.69, 9.17) is 5.11 Å². The van der Waals surface area contributed by atoms with Crippen LogP contribution in [-0.4, -0.2) is 35.0 Å². The predicted octanol–water partition coefficient (Wildman–Crippen LogP) is 1.50. The number of carbonyl (C=O) groups is 2. The summed E-state index contributed by atoms with van der Waals surface area (Å²) >= 11 is 0. The van der Waals surface area contributed by atoms with E-state index in [-0.39, 0.29) is 11.8 Å². The van der Waals surface area contributed by atoms with E-state index in [2.05, 4.69) is 0 Å². The quantitative estimate of drug-likeness (QED) is 0.774. The van der Waals surface area contributed by atoms with Crippen LogP contribution in [0.3, 0.4) is 0 Å². The molecule has 90 valence electrons. The van der Waals surface area contributed by atoms with Crippen LogP contribution >= 0.6 is 0 Å². The van der Waals surface area contributed by atoms with Crippen molar-refractivity contribution in [3.63, 3.8) is 0 Å². The molecule has 1 saturated heterocycles. The van der Waals surface area contributed by atoms with Crippen molar-refractivity contribution in [3.05, 3.63) is 0 Å². The normalized spacial score (nSPS) is 24.9. The van der Waals surface area contributed by atoms with Crippen LogP contribution in [0.2, 0.25) is 0 Å². The third-order valence-electron chi connectivity index (χ3n) is 4.15. The maximum Gasteiger partial charge on any atom is 0.309 e. The lowest BCUT2D eigenvalue weighted by Crippen LogP contribution is -2.48. The minimum absolute atomic E-state index is 0.231. The van der Waals surface area contributed by atoms with Crippen LogP contribution < -0.4 is 0 Å². The summed E-state index contributed by atoms with van der Waals surface area (Å²) < 4.78 is 0. The molecular weight excluding hydrogens is 206 g/mol. The van der Waals surface area contributed by atoms with Crippen molar-refractivity contribution in [2.24, 2.45) is 11.3 Å². The van der Waals surface area contributed by atoms with Gasteiger partial charge < -0.3 is 10.0 Å². The second-order valence-electron chi connectivity index (χ2n) is 5.32. The first-order valence-corrected chi connectivity index (χ1v) is 6.05. The van der Waals surface area contributed by atoms with Crippen molar-refractivity contribution in [2.45, 2.75) is 39.0 Å². The van der Waals surface area contributed by atoms with Crippen molar-refractivity contribution >= 4 is 11.9 Å². The summed E-state index contributed by atoms with van der Waals surface area (Å²) in [5, 5.41) is 9.09. The molecule has 1 aliphatic heterocycles. The van der Waals surface area contributed by atoms with Crippen LogP contribution in [0.15, 0.2) is 0 Å². The molecule has 1 heterocycles. The molecule has 1 saturated carbocycles. The largest absolute Gasteiger partial charge is 0.481 e. The molecular formula is C12H19NO3. The number of piperidine rings is 1. The molecule has 1 amide bonds.